The first-order chi connectivity index (χ1) is 7.24. The van der Waals surface area contributed by atoms with Crippen molar-refractivity contribution >= 4 is 6.08 Å². The molecule has 0 N–H and O–H groups in total. The first kappa shape index (κ1) is 10.0. The third kappa shape index (κ3) is 2.12. The zero-order valence-electron chi connectivity index (χ0n) is 8.84. The molecule has 0 bridgehead atoms. The van der Waals surface area contributed by atoms with E-state index in [1.807, 2.05) is 6.08 Å². The predicted molar refractivity (Wildman–Crippen MR) is 56.7 cm³/mol. The van der Waals surface area contributed by atoms with E-state index in [9.17, 15) is 4.39 Å². The molecule has 0 atom stereocenters. The summed E-state index contributed by atoms with van der Waals surface area (Å²) in [5.41, 5.74) is 1.85. The number of rotatable bonds is 3. The lowest BCUT2D eigenvalue weighted by atomic mass is 10.1. The van der Waals surface area contributed by atoms with Crippen molar-refractivity contribution in [1.29, 1.82) is 0 Å². The Morgan fingerprint density at radius 1 is 1.13 bits per heavy atom. The molecule has 0 unspecified atom stereocenters. The maximum absolute atomic E-state index is 13.6. The molecule has 1 aliphatic rings. The molecule has 3 heteroatoms. The molecule has 80 valence electrons. The molecule has 0 radical (unpaired) electrons. The Hall–Kier alpha value is -1.51. The SMILES string of the molecule is COc1cc(F)c(C=C2CC2)cc1OC. The molecule has 1 fully saturated rings. The summed E-state index contributed by atoms with van der Waals surface area (Å²) in [6.45, 7) is 0. The van der Waals surface area contributed by atoms with Crippen LogP contribution in [0.2, 0.25) is 0 Å². The molecule has 2 nitrogen and oxygen atoms in total. The normalized spacial score (nSPS) is 13.7. The van der Waals surface area contributed by atoms with Crippen LogP contribution in [0.1, 0.15) is 18.4 Å². The highest BCUT2D eigenvalue weighted by atomic mass is 19.1. The molecule has 1 aliphatic carbocycles. The van der Waals surface area contributed by atoms with Crippen LogP contribution in [0.3, 0.4) is 0 Å². The standard InChI is InChI=1S/C12H13FO2/c1-14-11-6-9(5-8-3-4-8)10(13)7-12(11)15-2/h5-7H,3-4H2,1-2H3. The Bertz CT molecular complexity index is 404. The molecular formula is C12H13FO2. The van der Waals surface area contributed by atoms with Crippen molar-refractivity contribution < 1.29 is 13.9 Å². The second kappa shape index (κ2) is 3.93. The Kier molecular flexibility index (Phi) is 2.62. The largest absolute Gasteiger partial charge is 0.493 e. The summed E-state index contributed by atoms with van der Waals surface area (Å²) in [6.07, 6.45) is 4.03. The van der Waals surface area contributed by atoms with Gasteiger partial charge < -0.3 is 9.47 Å². The summed E-state index contributed by atoms with van der Waals surface area (Å²) in [4.78, 5) is 0. The van der Waals surface area contributed by atoms with Gasteiger partial charge in [-0.15, -0.1) is 0 Å². The van der Waals surface area contributed by atoms with Crippen LogP contribution < -0.4 is 9.47 Å². The Morgan fingerprint density at radius 2 is 1.73 bits per heavy atom. The second-order valence-corrected chi connectivity index (χ2v) is 3.53. The smallest absolute Gasteiger partial charge is 0.163 e. The van der Waals surface area contributed by atoms with Crippen LogP contribution in [0.15, 0.2) is 17.7 Å². The molecular weight excluding hydrogens is 195 g/mol. The van der Waals surface area contributed by atoms with Gasteiger partial charge in [0.05, 0.1) is 14.2 Å². The van der Waals surface area contributed by atoms with E-state index in [4.69, 9.17) is 9.47 Å². The molecule has 0 saturated heterocycles. The molecule has 2 rings (SSSR count). The fourth-order valence-electron chi connectivity index (χ4n) is 1.42. The first-order valence-corrected chi connectivity index (χ1v) is 4.85. The summed E-state index contributed by atoms with van der Waals surface area (Å²) in [5.74, 6) is 0.714. The molecule has 15 heavy (non-hydrogen) atoms. The van der Waals surface area contributed by atoms with Gasteiger partial charge >= 0.3 is 0 Å². The van der Waals surface area contributed by atoms with Gasteiger partial charge in [0.15, 0.2) is 11.5 Å². The molecule has 0 spiro atoms. The van der Waals surface area contributed by atoms with Crippen molar-refractivity contribution in [3.05, 3.63) is 29.1 Å². The first-order valence-electron chi connectivity index (χ1n) is 4.85. The summed E-state index contributed by atoms with van der Waals surface area (Å²) in [5, 5.41) is 0. The van der Waals surface area contributed by atoms with Gasteiger partial charge in [0, 0.05) is 11.6 Å². The molecule has 0 heterocycles. The second-order valence-electron chi connectivity index (χ2n) is 3.53. The monoisotopic (exact) mass is 208 g/mol. The van der Waals surface area contributed by atoms with Gasteiger partial charge in [-0.25, -0.2) is 4.39 Å². The van der Waals surface area contributed by atoms with Crippen molar-refractivity contribution in [2.24, 2.45) is 0 Å². The maximum Gasteiger partial charge on any atom is 0.163 e. The number of ether oxygens (including phenoxy) is 2. The Balaban J connectivity index is 2.42. The zero-order chi connectivity index (χ0) is 10.8. The Morgan fingerprint density at radius 3 is 2.27 bits per heavy atom. The fraction of sp³-hybridized carbons (Fsp3) is 0.333. The molecule has 1 aromatic rings. The van der Waals surface area contributed by atoms with E-state index in [1.54, 1.807) is 13.2 Å². The van der Waals surface area contributed by atoms with Crippen LogP contribution in [0.4, 0.5) is 4.39 Å². The average molecular weight is 208 g/mol. The van der Waals surface area contributed by atoms with Crippen molar-refractivity contribution in [2.45, 2.75) is 12.8 Å². The van der Waals surface area contributed by atoms with Gasteiger partial charge in [0.1, 0.15) is 5.82 Å². The molecule has 0 aromatic heterocycles. The van der Waals surface area contributed by atoms with Crippen LogP contribution in [0.5, 0.6) is 11.5 Å². The zero-order valence-corrected chi connectivity index (χ0v) is 8.84. The minimum absolute atomic E-state index is 0.271. The third-order valence-electron chi connectivity index (χ3n) is 2.40. The summed E-state index contributed by atoms with van der Waals surface area (Å²) >= 11 is 0. The van der Waals surface area contributed by atoms with Crippen LogP contribution in [-0.2, 0) is 0 Å². The number of benzene rings is 1. The summed E-state index contributed by atoms with van der Waals surface area (Å²) < 4.78 is 23.7. The fourth-order valence-corrected chi connectivity index (χ4v) is 1.42. The molecule has 1 saturated carbocycles. The Labute approximate surface area is 88.3 Å². The topological polar surface area (TPSA) is 18.5 Å². The van der Waals surface area contributed by atoms with E-state index in [0.29, 0.717) is 17.1 Å². The predicted octanol–water partition coefficient (Wildman–Crippen LogP) is 3.02. The molecule has 0 aliphatic heterocycles. The van der Waals surface area contributed by atoms with Gasteiger partial charge in [-0.05, 0) is 18.9 Å². The summed E-state index contributed by atoms with van der Waals surface area (Å²) in [7, 11) is 3.04. The van der Waals surface area contributed by atoms with Crippen molar-refractivity contribution in [3.8, 4) is 11.5 Å². The van der Waals surface area contributed by atoms with E-state index < -0.39 is 0 Å². The van der Waals surface area contributed by atoms with E-state index in [-0.39, 0.29) is 5.82 Å². The van der Waals surface area contributed by atoms with E-state index >= 15 is 0 Å². The lowest BCUT2D eigenvalue weighted by Crippen LogP contribution is -1.93. The van der Waals surface area contributed by atoms with Gasteiger partial charge in [0.2, 0.25) is 0 Å². The van der Waals surface area contributed by atoms with Gasteiger partial charge in [0.25, 0.3) is 0 Å². The van der Waals surface area contributed by atoms with E-state index in [2.05, 4.69) is 0 Å². The number of halogens is 1. The van der Waals surface area contributed by atoms with Gasteiger partial charge in [-0.1, -0.05) is 11.6 Å². The minimum Gasteiger partial charge on any atom is -0.493 e. The van der Waals surface area contributed by atoms with Crippen LogP contribution >= 0.6 is 0 Å². The number of methoxy groups -OCH3 is 2. The van der Waals surface area contributed by atoms with Crippen LogP contribution in [0.25, 0.3) is 6.08 Å². The number of hydrogen-bond acceptors (Lipinski definition) is 2. The van der Waals surface area contributed by atoms with Crippen molar-refractivity contribution in [3.63, 3.8) is 0 Å². The van der Waals surface area contributed by atoms with Gasteiger partial charge in [-0.2, -0.15) is 0 Å². The van der Waals surface area contributed by atoms with Crippen molar-refractivity contribution in [2.75, 3.05) is 14.2 Å². The average Bonchev–Trinajstić information content (AvgIpc) is 3.04. The highest BCUT2D eigenvalue weighted by Crippen LogP contribution is 2.34. The van der Waals surface area contributed by atoms with Crippen molar-refractivity contribution in [1.82, 2.24) is 0 Å². The minimum atomic E-state index is -0.271. The highest BCUT2D eigenvalue weighted by Gasteiger charge is 2.14. The number of allylic oxidation sites excluding steroid dienone is 1. The van der Waals surface area contributed by atoms with E-state index in [1.165, 1.54) is 18.7 Å². The van der Waals surface area contributed by atoms with E-state index in [0.717, 1.165) is 12.8 Å². The summed E-state index contributed by atoms with van der Waals surface area (Å²) in [6, 6.07) is 3.02. The quantitative estimate of drug-likeness (QED) is 0.760. The maximum atomic E-state index is 13.6. The highest BCUT2D eigenvalue weighted by molar-refractivity contribution is 5.61. The van der Waals surface area contributed by atoms with Crippen LogP contribution in [-0.4, -0.2) is 14.2 Å². The molecule has 1 aromatic carbocycles. The van der Waals surface area contributed by atoms with Gasteiger partial charge in [-0.3, -0.25) is 0 Å². The number of hydrogen-bond donors (Lipinski definition) is 0. The lowest BCUT2D eigenvalue weighted by molar-refractivity contribution is 0.352. The molecule has 0 amide bonds. The third-order valence-corrected chi connectivity index (χ3v) is 2.40. The van der Waals surface area contributed by atoms with Crippen LogP contribution in [0, 0.1) is 5.82 Å². The lowest BCUT2D eigenvalue weighted by Gasteiger charge is -2.08.